The summed E-state index contributed by atoms with van der Waals surface area (Å²) >= 11 is 0.209. The molecular weight excluding hydrogens is 696 g/mol. The van der Waals surface area contributed by atoms with Crippen LogP contribution in [0.25, 0.3) is 107 Å². The molecule has 0 aliphatic heterocycles. The molecule has 52 heavy (non-hydrogen) atoms. The summed E-state index contributed by atoms with van der Waals surface area (Å²) in [5.41, 5.74) is 8.83. The summed E-state index contributed by atoms with van der Waals surface area (Å²) in [6.07, 6.45) is 1.77. The SMILES string of the molecule is c1ccc(-c2c3ccccc3c(-c3ccc4[se]c5cc(-c6c7ccccc7c(-c7ccco7)c7ccccc67)ccc5c4c3)c3ccccc23)cc1. The minimum atomic E-state index is 0.209. The molecule has 0 aliphatic rings. The molecule has 0 N–H and O–H groups in total. The molecule has 0 radical (unpaired) electrons. The molecule has 0 spiro atoms. The summed E-state index contributed by atoms with van der Waals surface area (Å²) < 4.78 is 8.88. The van der Waals surface area contributed by atoms with Crippen LogP contribution >= 0.6 is 0 Å². The van der Waals surface area contributed by atoms with E-state index in [9.17, 15) is 0 Å². The molecule has 1 nitrogen and oxygen atoms in total. The first-order valence-corrected chi connectivity index (χ1v) is 19.5. The topological polar surface area (TPSA) is 13.1 Å². The minimum absolute atomic E-state index is 0.209. The van der Waals surface area contributed by atoms with Crippen LogP contribution in [0.4, 0.5) is 0 Å². The molecule has 2 heteroatoms. The van der Waals surface area contributed by atoms with Gasteiger partial charge in [0.05, 0.1) is 0 Å². The van der Waals surface area contributed by atoms with Gasteiger partial charge in [-0.05, 0) is 0 Å². The average Bonchev–Trinajstić information content (AvgIpc) is 3.87. The van der Waals surface area contributed by atoms with Crippen molar-refractivity contribution in [1.29, 1.82) is 0 Å². The fourth-order valence-corrected chi connectivity index (χ4v) is 10.9. The molecule has 11 rings (SSSR count). The average molecular weight is 726 g/mol. The maximum atomic E-state index is 6.00. The summed E-state index contributed by atoms with van der Waals surface area (Å²) in [6.45, 7) is 0. The van der Waals surface area contributed by atoms with Gasteiger partial charge < -0.3 is 0 Å². The molecule has 0 saturated carbocycles. The Morgan fingerprint density at radius 2 is 0.750 bits per heavy atom. The van der Waals surface area contributed by atoms with Crippen molar-refractivity contribution in [2.75, 3.05) is 0 Å². The number of fused-ring (bicyclic) bond motifs is 7. The molecule has 0 fully saturated rings. The van der Waals surface area contributed by atoms with Gasteiger partial charge >= 0.3 is 308 Å². The van der Waals surface area contributed by atoms with E-state index in [4.69, 9.17) is 4.42 Å². The van der Waals surface area contributed by atoms with Crippen LogP contribution in [0, 0.1) is 0 Å². The Hall–Kier alpha value is -6.18. The molecule has 2 heterocycles. The van der Waals surface area contributed by atoms with Gasteiger partial charge in [0, 0.05) is 0 Å². The van der Waals surface area contributed by atoms with E-state index in [1.807, 2.05) is 6.07 Å². The van der Waals surface area contributed by atoms with E-state index in [2.05, 4.69) is 170 Å². The predicted octanol–water partition coefficient (Wildman–Crippen LogP) is 13.9. The van der Waals surface area contributed by atoms with Crippen molar-refractivity contribution < 1.29 is 4.42 Å². The summed E-state index contributed by atoms with van der Waals surface area (Å²) in [5.74, 6) is 0.901. The fourth-order valence-electron chi connectivity index (χ4n) is 8.57. The summed E-state index contributed by atoms with van der Waals surface area (Å²) in [6, 6.07) is 64.7. The maximum absolute atomic E-state index is 6.00. The second kappa shape index (κ2) is 11.7. The zero-order valence-electron chi connectivity index (χ0n) is 28.1. The van der Waals surface area contributed by atoms with Crippen molar-refractivity contribution in [2.24, 2.45) is 0 Å². The van der Waals surface area contributed by atoms with E-state index in [1.54, 1.807) is 6.26 Å². The number of hydrogen-bond donors (Lipinski definition) is 0. The van der Waals surface area contributed by atoms with Gasteiger partial charge in [-0.2, -0.15) is 0 Å². The Bertz CT molecular complexity index is 3050. The summed E-state index contributed by atoms with van der Waals surface area (Å²) in [5, 5.41) is 12.8. The van der Waals surface area contributed by atoms with Gasteiger partial charge in [0.1, 0.15) is 0 Å². The van der Waals surface area contributed by atoms with Crippen LogP contribution in [0.5, 0.6) is 0 Å². The Kier molecular flexibility index (Phi) is 6.64. The first kappa shape index (κ1) is 29.5. The van der Waals surface area contributed by atoms with Crippen LogP contribution < -0.4 is 0 Å². The van der Waals surface area contributed by atoms with Crippen molar-refractivity contribution in [1.82, 2.24) is 0 Å². The quantitative estimate of drug-likeness (QED) is 0.130. The Balaban J connectivity index is 1.13. The number of benzene rings is 9. The molecule has 0 saturated heterocycles. The van der Waals surface area contributed by atoms with Gasteiger partial charge in [0.25, 0.3) is 0 Å². The molecule has 0 unspecified atom stereocenters. The molecule has 0 aliphatic carbocycles. The van der Waals surface area contributed by atoms with Crippen molar-refractivity contribution in [3.05, 3.63) is 182 Å². The molecule has 242 valence electrons. The summed E-state index contributed by atoms with van der Waals surface area (Å²) in [4.78, 5) is 0. The first-order chi connectivity index (χ1) is 25.8. The molecule has 0 amide bonds. The van der Waals surface area contributed by atoms with Crippen LogP contribution in [0.3, 0.4) is 0 Å². The molecule has 2 aromatic heterocycles. The van der Waals surface area contributed by atoms with Gasteiger partial charge in [0.15, 0.2) is 0 Å². The Labute approximate surface area is 306 Å². The van der Waals surface area contributed by atoms with Crippen LogP contribution in [0.1, 0.15) is 0 Å². The standard InChI is InChI=1S/C50H30OSe/c1-2-13-31(14-3-1)47-35-15-4-6-17-37(35)48(38-18-7-5-16-36(38)47)32-25-27-45-43(29-32)34-26-24-33(30-46(34)52-45)49-39-19-8-10-21-41(39)50(44-23-12-28-51-44)42-22-11-9-20-40(42)49/h1-30H. The van der Waals surface area contributed by atoms with Crippen molar-refractivity contribution in [2.45, 2.75) is 0 Å². The molecule has 11 aromatic rings. The van der Waals surface area contributed by atoms with Gasteiger partial charge in [-0.15, -0.1) is 0 Å². The fraction of sp³-hybridized carbons (Fsp3) is 0. The Morgan fingerprint density at radius 1 is 0.288 bits per heavy atom. The van der Waals surface area contributed by atoms with Crippen LogP contribution in [-0.4, -0.2) is 14.5 Å². The summed E-state index contributed by atoms with van der Waals surface area (Å²) in [7, 11) is 0. The van der Waals surface area contributed by atoms with Crippen molar-refractivity contribution in [3.8, 4) is 44.7 Å². The monoisotopic (exact) mass is 726 g/mol. The third kappa shape index (κ3) is 4.42. The van der Waals surface area contributed by atoms with Gasteiger partial charge in [-0.1, -0.05) is 0 Å². The van der Waals surface area contributed by atoms with Crippen molar-refractivity contribution >= 4 is 76.9 Å². The van der Waals surface area contributed by atoms with Crippen LogP contribution in [-0.2, 0) is 0 Å². The van der Waals surface area contributed by atoms with E-state index < -0.39 is 0 Å². The third-order valence-corrected chi connectivity index (χ3v) is 13.1. The first-order valence-electron chi connectivity index (χ1n) is 17.7. The van der Waals surface area contributed by atoms with E-state index in [-0.39, 0.29) is 14.5 Å². The predicted molar refractivity (Wildman–Crippen MR) is 222 cm³/mol. The third-order valence-electron chi connectivity index (χ3n) is 10.7. The zero-order chi connectivity index (χ0) is 34.2. The van der Waals surface area contributed by atoms with Gasteiger partial charge in [0.2, 0.25) is 0 Å². The van der Waals surface area contributed by atoms with E-state index in [0.29, 0.717) is 0 Å². The molecule has 0 bridgehead atoms. The second-order valence-corrected chi connectivity index (χ2v) is 15.8. The zero-order valence-corrected chi connectivity index (χ0v) is 29.9. The van der Waals surface area contributed by atoms with Gasteiger partial charge in [-0.25, -0.2) is 0 Å². The van der Waals surface area contributed by atoms with Crippen LogP contribution in [0.2, 0.25) is 0 Å². The Morgan fingerprint density at radius 3 is 1.27 bits per heavy atom. The number of hydrogen-bond acceptors (Lipinski definition) is 1. The van der Waals surface area contributed by atoms with Gasteiger partial charge in [-0.3, -0.25) is 0 Å². The molecule has 9 aromatic carbocycles. The van der Waals surface area contributed by atoms with E-state index >= 15 is 0 Å². The second-order valence-electron chi connectivity index (χ2n) is 13.5. The van der Waals surface area contributed by atoms with Crippen molar-refractivity contribution in [3.63, 3.8) is 0 Å². The van der Waals surface area contributed by atoms with E-state index in [1.165, 1.54) is 95.8 Å². The van der Waals surface area contributed by atoms with Crippen LogP contribution in [0.15, 0.2) is 187 Å². The number of rotatable bonds is 4. The molecular formula is C50H30OSe. The van der Waals surface area contributed by atoms with E-state index in [0.717, 1.165) is 11.3 Å². The number of furan rings is 1. The normalized spacial score (nSPS) is 11.8. The molecule has 0 atom stereocenters.